The minimum atomic E-state index is -0.0233. The summed E-state index contributed by atoms with van der Waals surface area (Å²) < 4.78 is 5.53. The molecule has 0 unspecified atom stereocenters. The van der Waals surface area contributed by atoms with E-state index in [1.54, 1.807) is 11.3 Å². The van der Waals surface area contributed by atoms with E-state index >= 15 is 0 Å². The first kappa shape index (κ1) is 16.1. The maximum atomic E-state index is 12.4. The number of rotatable bonds is 4. The predicted octanol–water partition coefficient (Wildman–Crippen LogP) is 2.20. The largest absolute Gasteiger partial charge is 0.379 e. The van der Waals surface area contributed by atoms with Gasteiger partial charge in [0.05, 0.1) is 23.8 Å². The minimum absolute atomic E-state index is 0.0233. The van der Waals surface area contributed by atoms with Crippen LogP contribution in [0.2, 0.25) is 0 Å². The molecule has 24 heavy (non-hydrogen) atoms. The Kier molecular flexibility index (Phi) is 4.60. The Balaban J connectivity index is 1.45. The van der Waals surface area contributed by atoms with E-state index in [-0.39, 0.29) is 11.7 Å². The third-order valence-electron chi connectivity index (χ3n) is 4.46. The summed E-state index contributed by atoms with van der Waals surface area (Å²) in [7, 11) is 0. The molecule has 0 bridgehead atoms. The lowest BCUT2D eigenvalue weighted by atomic mass is 10.2. The Bertz CT molecular complexity index is 836. The van der Waals surface area contributed by atoms with Gasteiger partial charge in [-0.3, -0.25) is 9.79 Å². The van der Waals surface area contributed by atoms with Crippen molar-refractivity contribution in [3.8, 4) is 0 Å². The first-order chi connectivity index (χ1) is 11.7. The van der Waals surface area contributed by atoms with Gasteiger partial charge in [-0.15, -0.1) is 11.3 Å². The van der Waals surface area contributed by atoms with E-state index in [1.807, 2.05) is 0 Å². The molecule has 2 aromatic rings. The van der Waals surface area contributed by atoms with Crippen molar-refractivity contribution in [2.45, 2.75) is 44.0 Å². The molecule has 6 nitrogen and oxygen atoms in total. The fraction of sp³-hybridized carbons (Fsp3) is 0.562. The van der Waals surface area contributed by atoms with E-state index in [9.17, 15) is 4.79 Å². The fourth-order valence-corrected chi connectivity index (χ4v) is 5.15. The number of nitrogens with zero attached hydrogens (tertiary/aromatic N) is 2. The van der Waals surface area contributed by atoms with E-state index in [1.165, 1.54) is 22.2 Å². The van der Waals surface area contributed by atoms with Crippen molar-refractivity contribution >= 4 is 38.5 Å². The molecule has 3 heterocycles. The second-order valence-electron chi connectivity index (χ2n) is 6.15. The highest BCUT2D eigenvalue weighted by Gasteiger charge is 2.21. The van der Waals surface area contributed by atoms with Crippen LogP contribution >= 0.6 is 23.1 Å². The second-order valence-corrected chi connectivity index (χ2v) is 8.23. The van der Waals surface area contributed by atoms with Gasteiger partial charge in [0.2, 0.25) is 0 Å². The number of fused-ring (bicyclic) bond motifs is 3. The van der Waals surface area contributed by atoms with Gasteiger partial charge in [0.15, 0.2) is 5.17 Å². The summed E-state index contributed by atoms with van der Waals surface area (Å²) in [6.45, 7) is 1.43. The first-order valence-corrected chi connectivity index (χ1v) is 10.1. The molecule has 1 fully saturated rings. The number of hydrogen-bond donors (Lipinski definition) is 2. The van der Waals surface area contributed by atoms with E-state index < -0.39 is 0 Å². The molecule has 1 saturated heterocycles. The Morgan fingerprint density at radius 3 is 3.21 bits per heavy atom. The average molecular weight is 364 g/mol. The molecule has 2 aromatic heterocycles. The molecule has 1 aliphatic carbocycles. The summed E-state index contributed by atoms with van der Waals surface area (Å²) in [6, 6.07) is 0. The van der Waals surface area contributed by atoms with Crippen LogP contribution in [0.5, 0.6) is 0 Å². The highest BCUT2D eigenvalue weighted by Crippen LogP contribution is 2.34. The number of thiophene rings is 1. The quantitative estimate of drug-likeness (QED) is 0.641. The summed E-state index contributed by atoms with van der Waals surface area (Å²) in [5, 5.41) is 1.31. The number of aromatic nitrogens is 2. The number of aryl methyl sites for hydroxylation is 2. The SMILES string of the molecule is NC(=NC[C@H]1CCCO1)SCc1nc2sc3c(c2c(=O)[nH]1)CCC3. The molecule has 0 radical (unpaired) electrons. The normalized spacial score (nSPS) is 20.8. The summed E-state index contributed by atoms with van der Waals surface area (Å²) in [5.74, 6) is 1.18. The van der Waals surface area contributed by atoms with Gasteiger partial charge < -0.3 is 15.5 Å². The molecular weight excluding hydrogens is 344 g/mol. The van der Waals surface area contributed by atoms with E-state index in [2.05, 4.69) is 15.0 Å². The average Bonchev–Trinajstić information content (AvgIpc) is 3.27. The van der Waals surface area contributed by atoms with Crippen LogP contribution in [0.15, 0.2) is 9.79 Å². The van der Waals surface area contributed by atoms with Crippen LogP contribution in [0, 0.1) is 0 Å². The summed E-state index contributed by atoms with van der Waals surface area (Å²) in [4.78, 5) is 26.4. The van der Waals surface area contributed by atoms with Crippen molar-refractivity contribution in [2.75, 3.05) is 13.2 Å². The molecule has 0 saturated carbocycles. The number of nitrogens with two attached hydrogens (primary N) is 1. The number of ether oxygens (including phenoxy) is 1. The molecule has 8 heteroatoms. The Labute approximate surface area is 147 Å². The van der Waals surface area contributed by atoms with Crippen LogP contribution in [0.4, 0.5) is 0 Å². The van der Waals surface area contributed by atoms with Crippen molar-refractivity contribution in [1.29, 1.82) is 0 Å². The predicted molar refractivity (Wildman–Crippen MR) is 99.0 cm³/mol. The number of aromatic amines is 1. The maximum absolute atomic E-state index is 12.4. The molecule has 0 spiro atoms. The van der Waals surface area contributed by atoms with Crippen molar-refractivity contribution in [3.05, 3.63) is 26.6 Å². The standard InChI is InChI=1S/C16H20N4O2S2/c17-16(18-7-9-3-2-6-22-9)23-8-12-19-14(21)13-10-4-1-5-11(10)24-15(13)20-12/h9H,1-8H2,(H2,17,18)(H,19,20,21)/t9-/m1/s1. The molecule has 0 amide bonds. The second kappa shape index (κ2) is 6.85. The van der Waals surface area contributed by atoms with Crippen LogP contribution < -0.4 is 11.3 Å². The van der Waals surface area contributed by atoms with Gasteiger partial charge in [0.25, 0.3) is 5.56 Å². The molecule has 0 aromatic carbocycles. The maximum Gasteiger partial charge on any atom is 0.259 e. The third-order valence-corrected chi connectivity index (χ3v) is 6.48. The molecular formula is C16H20N4O2S2. The number of aliphatic imine (C=N–C) groups is 1. The fourth-order valence-electron chi connectivity index (χ4n) is 3.28. The van der Waals surface area contributed by atoms with Crippen LogP contribution in [0.3, 0.4) is 0 Å². The lowest BCUT2D eigenvalue weighted by Gasteiger charge is -2.06. The summed E-state index contributed by atoms with van der Waals surface area (Å²) in [5.41, 5.74) is 7.14. The van der Waals surface area contributed by atoms with Gasteiger partial charge in [0, 0.05) is 11.5 Å². The first-order valence-electron chi connectivity index (χ1n) is 8.28. The Hall–Kier alpha value is -1.38. The lowest BCUT2D eigenvalue weighted by Crippen LogP contribution is -2.16. The Morgan fingerprint density at radius 1 is 1.46 bits per heavy atom. The molecule has 1 atom stereocenters. The zero-order valence-corrected chi connectivity index (χ0v) is 15.0. The molecule has 128 valence electrons. The molecule has 2 aliphatic rings. The van der Waals surface area contributed by atoms with Crippen LogP contribution in [0.25, 0.3) is 10.2 Å². The van der Waals surface area contributed by atoms with Crippen LogP contribution in [0.1, 0.15) is 35.5 Å². The van der Waals surface area contributed by atoms with Crippen molar-refractivity contribution in [2.24, 2.45) is 10.7 Å². The van der Waals surface area contributed by atoms with Crippen molar-refractivity contribution in [1.82, 2.24) is 9.97 Å². The summed E-state index contributed by atoms with van der Waals surface area (Å²) >= 11 is 3.06. The molecule has 4 rings (SSSR count). The van der Waals surface area contributed by atoms with E-state index in [0.29, 0.717) is 23.3 Å². The number of amidine groups is 1. The number of nitrogens with one attached hydrogen (secondary N) is 1. The van der Waals surface area contributed by atoms with Gasteiger partial charge in [-0.25, -0.2) is 4.98 Å². The minimum Gasteiger partial charge on any atom is -0.379 e. The topological polar surface area (TPSA) is 93.4 Å². The third kappa shape index (κ3) is 3.22. The smallest absolute Gasteiger partial charge is 0.259 e. The van der Waals surface area contributed by atoms with Gasteiger partial charge in [-0.05, 0) is 37.7 Å². The van der Waals surface area contributed by atoms with Gasteiger partial charge >= 0.3 is 0 Å². The zero-order chi connectivity index (χ0) is 16.5. The lowest BCUT2D eigenvalue weighted by molar-refractivity contribution is 0.118. The van der Waals surface area contributed by atoms with Gasteiger partial charge in [0.1, 0.15) is 10.7 Å². The number of hydrogen-bond acceptors (Lipinski definition) is 6. The molecule has 3 N–H and O–H groups in total. The van der Waals surface area contributed by atoms with Crippen LogP contribution in [-0.4, -0.2) is 34.4 Å². The zero-order valence-electron chi connectivity index (χ0n) is 13.3. The molecule has 1 aliphatic heterocycles. The highest BCUT2D eigenvalue weighted by molar-refractivity contribution is 8.13. The van der Waals surface area contributed by atoms with Crippen molar-refractivity contribution in [3.63, 3.8) is 0 Å². The monoisotopic (exact) mass is 364 g/mol. The van der Waals surface area contributed by atoms with Gasteiger partial charge in [-0.1, -0.05) is 11.8 Å². The Morgan fingerprint density at radius 2 is 2.38 bits per heavy atom. The highest BCUT2D eigenvalue weighted by atomic mass is 32.2. The number of H-pyrrole nitrogens is 1. The van der Waals surface area contributed by atoms with Crippen molar-refractivity contribution < 1.29 is 4.74 Å². The van der Waals surface area contributed by atoms with E-state index in [0.717, 1.165) is 48.9 Å². The number of thioether (sulfide) groups is 1. The van der Waals surface area contributed by atoms with E-state index in [4.69, 9.17) is 10.5 Å². The van der Waals surface area contributed by atoms with Crippen LogP contribution in [-0.2, 0) is 23.3 Å². The van der Waals surface area contributed by atoms with Gasteiger partial charge in [-0.2, -0.15) is 0 Å². The summed E-state index contributed by atoms with van der Waals surface area (Å²) in [6.07, 6.45) is 5.57.